The molecule has 0 aliphatic carbocycles. The minimum absolute atomic E-state index is 0.700. The maximum absolute atomic E-state index is 4.47. The van der Waals surface area contributed by atoms with Crippen LogP contribution in [0.1, 0.15) is 23.9 Å². The minimum Gasteiger partial charge on any atom is -0.354 e. The zero-order valence-corrected chi connectivity index (χ0v) is 10.1. The molecule has 0 unspecified atom stereocenters. The van der Waals surface area contributed by atoms with E-state index in [9.17, 15) is 0 Å². The molecule has 0 bridgehead atoms. The third kappa shape index (κ3) is 3.24. The van der Waals surface area contributed by atoms with E-state index >= 15 is 0 Å². The fraction of sp³-hybridized carbons (Fsp3) is 0.308. The maximum atomic E-state index is 4.47. The third-order valence-corrected chi connectivity index (χ3v) is 2.35. The van der Waals surface area contributed by atoms with Crippen LogP contribution in [-0.4, -0.2) is 21.5 Å². The van der Waals surface area contributed by atoms with E-state index in [1.165, 1.54) is 0 Å². The van der Waals surface area contributed by atoms with Crippen molar-refractivity contribution < 1.29 is 0 Å². The van der Waals surface area contributed by atoms with Gasteiger partial charge in [0.2, 0.25) is 5.95 Å². The third-order valence-electron chi connectivity index (χ3n) is 2.35. The van der Waals surface area contributed by atoms with E-state index in [0.717, 1.165) is 29.9 Å². The molecule has 17 heavy (non-hydrogen) atoms. The Morgan fingerprint density at radius 3 is 2.88 bits per heavy atom. The number of nitrogens with one attached hydrogen (secondary N) is 1. The van der Waals surface area contributed by atoms with Crippen LogP contribution < -0.4 is 5.32 Å². The number of hydrogen-bond donors (Lipinski definition) is 1. The normalized spacial score (nSPS) is 10.2. The number of aromatic nitrogens is 3. The molecule has 0 saturated heterocycles. The van der Waals surface area contributed by atoms with Crippen LogP contribution in [0.3, 0.4) is 0 Å². The van der Waals surface area contributed by atoms with E-state index in [4.69, 9.17) is 0 Å². The lowest BCUT2D eigenvalue weighted by molar-refractivity contribution is 0.978. The van der Waals surface area contributed by atoms with Crippen molar-refractivity contribution in [3.63, 3.8) is 0 Å². The first-order valence-electron chi connectivity index (χ1n) is 5.75. The summed E-state index contributed by atoms with van der Waals surface area (Å²) in [4.78, 5) is 12.9. The molecule has 4 nitrogen and oxygen atoms in total. The Bertz CT molecular complexity index is 482. The van der Waals surface area contributed by atoms with Gasteiger partial charge in [-0.3, -0.25) is 4.98 Å². The molecule has 2 aromatic rings. The van der Waals surface area contributed by atoms with Gasteiger partial charge in [-0.1, -0.05) is 6.07 Å². The molecule has 0 saturated carbocycles. The molecule has 4 heteroatoms. The number of nitrogens with zero attached hydrogens (tertiary/aromatic N) is 3. The van der Waals surface area contributed by atoms with E-state index in [-0.39, 0.29) is 0 Å². The summed E-state index contributed by atoms with van der Waals surface area (Å²) in [5.41, 5.74) is 3.16. The van der Waals surface area contributed by atoms with Gasteiger partial charge in [0.15, 0.2) is 0 Å². The van der Waals surface area contributed by atoms with Gasteiger partial charge in [0.25, 0.3) is 0 Å². The van der Waals surface area contributed by atoms with E-state index in [1.807, 2.05) is 32.2 Å². The largest absolute Gasteiger partial charge is 0.354 e. The first kappa shape index (κ1) is 11.5. The Morgan fingerprint density at radius 2 is 2.18 bits per heavy atom. The van der Waals surface area contributed by atoms with Crippen molar-refractivity contribution in [3.05, 3.63) is 47.5 Å². The monoisotopic (exact) mass is 228 g/mol. The summed E-state index contributed by atoms with van der Waals surface area (Å²) >= 11 is 0. The summed E-state index contributed by atoms with van der Waals surface area (Å²) in [6.45, 7) is 4.84. The molecule has 0 spiro atoms. The van der Waals surface area contributed by atoms with Gasteiger partial charge in [-0.25, -0.2) is 9.97 Å². The predicted molar refractivity (Wildman–Crippen MR) is 68.0 cm³/mol. The lowest BCUT2D eigenvalue weighted by atomic mass is 10.1. The van der Waals surface area contributed by atoms with Gasteiger partial charge in [-0.2, -0.15) is 0 Å². The van der Waals surface area contributed by atoms with Crippen molar-refractivity contribution in [2.45, 2.75) is 20.3 Å². The zero-order valence-electron chi connectivity index (χ0n) is 10.1. The summed E-state index contributed by atoms with van der Waals surface area (Å²) in [6.07, 6.45) is 4.43. The molecule has 0 fully saturated rings. The highest BCUT2D eigenvalue weighted by atomic mass is 15.1. The molecule has 0 aromatic carbocycles. The highest BCUT2D eigenvalue weighted by molar-refractivity contribution is 5.30. The van der Waals surface area contributed by atoms with Crippen molar-refractivity contribution in [1.82, 2.24) is 15.0 Å². The van der Waals surface area contributed by atoms with Gasteiger partial charge in [0, 0.05) is 31.1 Å². The maximum Gasteiger partial charge on any atom is 0.223 e. The van der Waals surface area contributed by atoms with E-state index in [1.54, 1.807) is 6.20 Å². The lowest BCUT2D eigenvalue weighted by Gasteiger charge is -2.06. The number of rotatable bonds is 4. The minimum atomic E-state index is 0.700. The summed E-state index contributed by atoms with van der Waals surface area (Å²) in [6, 6.07) is 6.00. The van der Waals surface area contributed by atoms with Crippen molar-refractivity contribution in [1.29, 1.82) is 0 Å². The molecule has 2 rings (SSSR count). The second-order valence-corrected chi connectivity index (χ2v) is 3.89. The number of hydrogen-bond acceptors (Lipinski definition) is 4. The second kappa shape index (κ2) is 5.39. The van der Waals surface area contributed by atoms with Gasteiger partial charge < -0.3 is 5.32 Å². The Hall–Kier alpha value is -1.97. The first-order chi connectivity index (χ1) is 8.28. The van der Waals surface area contributed by atoms with Crippen LogP contribution in [0.25, 0.3) is 0 Å². The van der Waals surface area contributed by atoms with Gasteiger partial charge in [-0.05, 0) is 31.5 Å². The van der Waals surface area contributed by atoms with E-state index in [0.29, 0.717) is 5.95 Å². The molecule has 0 aliphatic rings. The molecule has 0 aliphatic heterocycles. The standard InChI is InChI=1S/C13H16N4/c1-3-15-13-16-10(2)7-12(17-13)8-11-5-4-6-14-9-11/h4-7,9H,3,8H2,1-2H3,(H,15,16,17). The van der Waals surface area contributed by atoms with Crippen molar-refractivity contribution in [2.75, 3.05) is 11.9 Å². The Morgan fingerprint density at radius 1 is 1.29 bits per heavy atom. The number of aryl methyl sites for hydroxylation is 1. The number of pyridine rings is 1. The van der Waals surface area contributed by atoms with Gasteiger partial charge in [0.1, 0.15) is 0 Å². The predicted octanol–water partition coefficient (Wildman–Crippen LogP) is 2.20. The topological polar surface area (TPSA) is 50.7 Å². The lowest BCUT2D eigenvalue weighted by Crippen LogP contribution is -2.05. The van der Waals surface area contributed by atoms with Crippen molar-refractivity contribution >= 4 is 5.95 Å². The van der Waals surface area contributed by atoms with Crippen LogP contribution in [0.15, 0.2) is 30.6 Å². The fourth-order valence-corrected chi connectivity index (χ4v) is 1.67. The average molecular weight is 228 g/mol. The molecular formula is C13H16N4. The van der Waals surface area contributed by atoms with Crippen LogP contribution in [0, 0.1) is 6.92 Å². The molecular weight excluding hydrogens is 212 g/mol. The zero-order chi connectivity index (χ0) is 12.1. The smallest absolute Gasteiger partial charge is 0.223 e. The van der Waals surface area contributed by atoms with Crippen LogP contribution in [0.5, 0.6) is 0 Å². The summed E-state index contributed by atoms with van der Waals surface area (Å²) in [7, 11) is 0. The summed E-state index contributed by atoms with van der Waals surface area (Å²) in [5, 5.41) is 3.14. The highest BCUT2D eigenvalue weighted by Crippen LogP contribution is 2.09. The molecule has 0 radical (unpaired) electrons. The van der Waals surface area contributed by atoms with Crippen molar-refractivity contribution in [3.8, 4) is 0 Å². The molecule has 1 N–H and O–H groups in total. The van der Waals surface area contributed by atoms with Gasteiger partial charge in [-0.15, -0.1) is 0 Å². The van der Waals surface area contributed by atoms with Crippen LogP contribution in [-0.2, 0) is 6.42 Å². The van der Waals surface area contributed by atoms with Crippen LogP contribution >= 0.6 is 0 Å². The van der Waals surface area contributed by atoms with E-state index < -0.39 is 0 Å². The summed E-state index contributed by atoms with van der Waals surface area (Å²) < 4.78 is 0. The second-order valence-electron chi connectivity index (χ2n) is 3.89. The molecule has 2 heterocycles. The molecule has 0 atom stereocenters. The van der Waals surface area contributed by atoms with Gasteiger partial charge in [0.05, 0.1) is 5.69 Å². The first-order valence-corrected chi connectivity index (χ1v) is 5.75. The Kier molecular flexibility index (Phi) is 3.65. The SMILES string of the molecule is CCNc1nc(C)cc(Cc2cccnc2)n1. The Balaban J connectivity index is 2.21. The quantitative estimate of drug-likeness (QED) is 0.871. The molecule has 88 valence electrons. The van der Waals surface area contributed by atoms with Crippen LogP contribution in [0.2, 0.25) is 0 Å². The average Bonchev–Trinajstić information content (AvgIpc) is 2.30. The molecule has 2 aromatic heterocycles. The van der Waals surface area contributed by atoms with Gasteiger partial charge >= 0.3 is 0 Å². The fourth-order valence-electron chi connectivity index (χ4n) is 1.67. The number of anilines is 1. The van der Waals surface area contributed by atoms with Crippen LogP contribution in [0.4, 0.5) is 5.95 Å². The van der Waals surface area contributed by atoms with Crippen molar-refractivity contribution in [2.24, 2.45) is 0 Å². The summed E-state index contributed by atoms with van der Waals surface area (Å²) in [5.74, 6) is 0.700. The molecule has 0 amide bonds. The Labute approximate surface area is 101 Å². The highest BCUT2D eigenvalue weighted by Gasteiger charge is 2.02. The van der Waals surface area contributed by atoms with E-state index in [2.05, 4.69) is 26.3 Å².